The van der Waals surface area contributed by atoms with Crippen molar-refractivity contribution in [1.29, 1.82) is 0 Å². The molecular weight excluding hydrogens is 540 g/mol. The van der Waals surface area contributed by atoms with Crippen molar-refractivity contribution in [2.75, 3.05) is 0 Å². The van der Waals surface area contributed by atoms with Crippen LogP contribution in [0.5, 0.6) is 0 Å². The minimum atomic E-state index is 0.670. The van der Waals surface area contributed by atoms with Crippen LogP contribution in [0.1, 0.15) is 24.1 Å². The Bertz CT molecular complexity index is 2300. The molecule has 6 heteroatoms. The molecule has 210 valence electrons. The first-order valence-electron chi connectivity index (χ1n) is 15.2. The number of aryl methyl sites for hydroxylation is 1. The van der Waals surface area contributed by atoms with Gasteiger partial charge in [0.15, 0.2) is 0 Å². The quantitative estimate of drug-likeness (QED) is 0.214. The van der Waals surface area contributed by atoms with Crippen molar-refractivity contribution in [3.63, 3.8) is 0 Å². The Balaban J connectivity index is 1.27. The minimum absolute atomic E-state index is 0.670. The molecule has 0 saturated heterocycles. The molecule has 0 amide bonds. The Morgan fingerprint density at radius 2 is 0.955 bits per heavy atom. The zero-order valence-electron chi connectivity index (χ0n) is 24.1. The van der Waals surface area contributed by atoms with E-state index in [0.717, 1.165) is 64.0 Å². The van der Waals surface area contributed by atoms with Gasteiger partial charge in [0.1, 0.15) is 0 Å². The lowest BCUT2D eigenvalue weighted by Crippen LogP contribution is -2.09. The Labute approximate surface area is 254 Å². The molecule has 4 aromatic heterocycles. The van der Waals surface area contributed by atoms with Crippen LogP contribution in [-0.2, 0) is 12.8 Å². The molecule has 0 aliphatic heterocycles. The van der Waals surface area contributed by atoms with Crippen LogP contribution in [0.25, 0.3) is 66.9 Å². The van der Waals surface area contributed by atoms with Gasteiger partial charge in [-0.25, -0.2) is 19.9 Å². The highest BCUT2D eigenvalue weighted by Crippen LogP contribution is 2.42. The van der Waals surface area contributed by atoms with Gasteiger partial charge in [-0.05, 0) is 60.6 Å². The molecule has 9 rings (SSSR count). The fraction of sp³-hybridized carbons (Fsp3) is 0.105. The molecule has 8 aromatic rings. The van der Waals surface area contributed by atoms with E-state index in [2.05, 4.69) is 69.8 Å². The summed E-state index contributed by atoms with van der Waals surface area (Å²) in [6.07, 6.45) is 12.1. The molecule has 0 fully saturated rings. The molecule has 0 saturated carbocycles. The molecule has 0 atom stereocenters. The van der Waals surface area contributed by atoms with Crippen molar-refractivity contribution in [1.82, 2.24) is 29.1 Å². The van der Waals surface area contributed by atoms with E-state index in [4.69, 9.17) is 19.9 Å². The second kappa shape index (κ2) is 9.99. The molecule has 44 heavy (non-hydrogen) atoms. The molecule has 0 N–H and O–H groups in total. The summed E-state index contributed by atoms with van der Waals surface area (Å²) in [7, 11) is 0. The monoisotopic (exact) mass is 568 g/mol. The highest BCUT2D eigenvalue weighted by atomic mass is 15.2. The van der Waals surface area contributed by atoms with E-state index in [-0.39, 0.29) is 0 Å². The summed E-state index contributed by atoms with van der Waals surface area (Å²) in [4.78, 5) is 19.6. The summed E-state index contributed by atoms with van der Waals surface area (Å²) in [6, 6.07) is 33.6. The SMILES string of the molecule is c1ccc(-c2cnc(-n3c4c(c5c6c7ccccc7n(-c7ncc(-c8ccccc8)cn7)c6ccc53)CCCC4)nc2)cc1. The van der Waals surface area contributed by atoms with Crippen LogP contribution in [0.2, 0.25) is 0 Å². The average Bonchev–Trinajstić information content (AvgIpc) is 3.62. The van der Waals surface area contributed by atoms with Crippen molar-refractivity contribution in [3.05, 3.63) is 133 Å². The highest BCUT2D eigenvalue weighted by Gasteiger charge is 2.26. The second-order valence-electron chi connectivity index (χ2n) is 11.4. The van der Waals surface area contributed by atoms with E-state index >= 15 is 0 Å². The molecular formula is C38H28N6. The van der Waals surface area contributed by atoms with Crippen molar-refractivity contribution in [2.45, 2.75) is 25.7 Å². The Hall–Kier alpha value is -5.62. The smallest absolute Gasteiger partial charge is 0.234 e. The van der Waals surface area contributed by atoms with E-state index in [0.29, 0.717) is 5.95 Å². The van der Waals surface area contributed by atoms with Crippen LogP contribution in [0.4, 0.5) is 0 Å². The van der Waals surface area contributed by atoms with Gasteiger partial charge in [-0.2, -0.15) is 0 Å². The van der Waals surface area contributed by atoms with Gasteiger partial charge in [-0.3, -0.25) is 9.13 Å². The maximum Gasteiger partial charge on any atom is 0.234 e. The molecule has 4 heterocycles. The lowest BCUT2D eigenvalue weighted by atomic mass is 9.94. The maximum atomic E-state index is 4.91. The number of benzene rings is 4. The number of fused-ring (bicyclic) bond motifs is 7. The lowest BCUT2D eigenvalue weighted by molar-refractivity contribution is 0.662. The number of hydrogen-bond acceptors (Lipinski definition) is 4. The van der Waals surface area contributed by atoms with Crippen LogP contribution in [0.15, 0.2) is 122 Å². The van der Waals surface area contributed by atoms with Crippen molar-refractivity contribution >= 4 is 32.7 Å². The lowest BCUT2D eigenvalue weighted by Gasteiger charge is -2.15. The van der Waals surface area contributed by atoms with E-state index < -0.39 is 0 Å². The van der Waals surface area contributed by atoms with E-state index in [1.807, 2.05) is 61.2 Å². The number of hydrogen-bond donors (Lipinski definition) is 0. The van der Waals surface area contributed by atoms with Gasteiger partial charge in [0.05, 0.1) is 16.6 Å². The molecule has 0 spiro atoms. The second-order valence-corrected chi connectivity index (χ2v) is 11.4. The van der Waals surface area contributed by atoms with Gasteiger partial charge in [0.2, 0.25) is 11.9 Å². The predicted molar refractivity (Wildman–Crippen MR) is 176 cm³/mol. The summed E-state index contributed by atoms with van der Waals surface area (Å²) in [5.41, 5.74) is 10.3. The fourth-order valence-corrected chi connectivity index (χ4v) is 6.97. The van der Waals surface area contributed by atoms with E-state index in [1.165, 1.54) is 33.8 Å². The average molecular weight is 569 g/mol. The van der Waals surface area contributed by atoms with E-state index in [9.17, 15) is 0 Å². The largest absolute Gasteiger partial charge is 0.282 e. The number of para-hydroxylation sites is 1. The predicted octanol–water partition coefficient (Wildman–Crippen LogP) is 8.52. The third kappa shape index (κ3) is 3.81. The molecule has 4 aromatic carbocycles. The third-order valence-electron chi connectivity index (χ3n) is 8.96. The van der Waals surface area contributed by atoms with Crippen LogP contribution in [0, 0.1) is 0 Å². The first-order valence-corrected chi connectivity index (χ1v) is 15.2. The first-order chi connectivity index (χ1) is 21.8. The number of nitrogens with zero attached hydrogens (tertiary/aromatic N) is 6. The Morgan fingerprint density at radius 1 is 0.432 bits per heavy atom. The molecule has 1 aliphatic rings. The van der Waals surface area contributed by atoms with Crippen LogP contribution in [-0.4, -0.2) is 29.1 Å². The Kier molecular flexibility index (Phi) is 5.66. The fourth-order valence-electron chi connectivity index (χ4n) is 6.97. The molecule has 0 radical (unpaired) electrons. The topological polar surface area (TPSA) is 61.4 Å². The molecule has 0 bridgehead atoms. The summed E-state index contributed by atoms with van der Waals surface area (Å²) >= 11 is 0. The van der Waals surface area contributed by atoms with Crippen LogP contribution >= 0.6 is 0 Å². The van der Waals surface area contributed by atoms with Crippen LogP contribution < -0.4 is 0 Å². The summed E-state index contributed by atoms with van der Waals surface area (Å²) in [5.74, 6) is 1.39. The summed E-state index contributed by atoms with van der Waals surface area (Å²) in [5, 5.41) is 3.74. The summed E-state index contributed by atoms with van der Waals surface area (Å²) in [6.45, 7) is 0. The maximum absolute atomic E-state index is 4.91. The number of rotatable bonds is 4. The molecule has 6 nitrogen and oxygen atoms in total. The third-order valence-corrected chi connectivity index (χ3v) is 8.96. The van der Waals surface area contributed by atoms with Crippen LogP contribution in [0.3, 0.4) is 0 Å². The van der Waals surface area contributed by atoms with Gasteiger partial charge < -0.3 is 0 Å². The van der Waals surface area contributed by atoms with Gasteiger partial charge in [-0.15, -0.1) is 0 Å². The van der Waals surface area contributed by atoms with Gasteiger partial charge in [0, 0.05) is 57.8 Å². The number of aromatic nitrogens is 6. The summed E-state index contributed by atoms with van der Waals surface area (Å²) < 4.78 is 4.51. The highest BCUT2D eigenvalue weighted by molar-refractivity contribution is 6.22. The first kappa shape index (κ1) is 24.9. The molecule has 0 unspecified atom stereocenters. The van der Waals surface area contributed by atoms with Crippen molar-refractivity contribution in [2.24, 2.45) is 0 Å². The van der Waals surface area contributed by atoms with Gasteiger partial charge in [-0.1, -0.05) is 78.9 Å². The van der Waals surface area contributed by atoms with Gasteiger partial charge >= 0.3 is 0 Å². The van der Waals surface area contributed by atoms with Crippen molar-refractivity contribution in [3.8, 4) is 34.2 Å². The normalized spacial score (nSPS) is 13.1. The van der Waals surface area contributed by atoms with Gasteiger partial charge in [0.25, 0.3) is 0 Å². The standard InChI is InChI=1S/C38H28N6/c1-3-11-25(12-4-1)27-21-39-37(40-22-27)43-31-17-9-7-15-29(31)35-33(43)19-20-34-36(35)30-16-8-10-18-32(30)44(34)38-41-23-28(24-42-38)26-13-5-2-6-14-26/h1-7,9,11-15,17,19-24H,8,10,16,18H2. The zero-order valence-corrected chi connectivity index (χ0v) is 24.1. The molecule has 1 aliphatic carbocycles. The zero-order chi connectivity index (χ0) is 29.0. The Morgan fingerprint density at radius 3 is 1.59 bits per heavy atom. The van der Waals surface area contributed by atoms with Crippen molar-refractivity contribution < 1.29 is 0 Å². The minimum Gasteiger partial charge on any atom is -0.282 e. The van der Waals surface area contributed by atoms with E-state index in [1.54, 1.807) is 0 Å².